The van der Waals surface area contributed by atoms with E-state index in [9.17, 15) is 4.21 Å². The van der Waals surface area contributed by atoms with Gasteiger partial charge in [0, 0.05) is 34.6 Å². The van der Waals surface area contributed by atoms with Crippen LogP contribution >= 0.6 is 0 Å². The number of nitrogen functional groups attached to an aromatic ring is 1. The van der Waals surface area contributed by atoms with Crippen molar-refractivity contribution in [2.75, 3.05) is 30.5 Å². The van der Waals surface area contributed by atoms with Gasteiger partial charge >= 0.3 is 0 Å². The molecule has 0 radical (unpaired) electrons. The molecule has 0 aliphatic heterocycles. The maximum atomic E-state index is 11.5. The van der Waals surface area contributed by atoms with Gasteiger partial charge in [-0.15, -0.1) is 0 Å². The van der Waals surface area contributed by atoms with Crippen molar-refractivity contribution in [3.8, 4) is 5.75 Å². The summed E-state index contributed by atoms with van der Waals surface area (Å²) in [7, 11) is -0.810. The Bertz CT molecular complexity index is 426. The maximum absolute atomic E-state index is 11.5. The number of ether oxygens (including phenoxy) is 1. The van der Waals surface area contributed by atoms with Crippen LogP contribution in [-0.2, 0) is 10.8 Å². The van der Waals surface area contributed by atoms with Crippen LogP contribution in [-0.4, -0.2) is 34.0 Å². The summed E-state index contributed by atoms with van der Waals surface area (Å²) in [4.78, 5) is 0. The Kier molecular flexibility index (Phi) is 7.62. The molecule has 0 aliphatic rings. The summed E-state index contributed by atoms with van der Waals surface area (Å²) in [5, 5.41) is 8.65. The fourth-order valence-electron chi connectivity index (χ4n) is 1.90. The van der Waals surface area contributed by atoms with Crippen molar-refractivity contribution in [2.24, 2.45) is 0 Å². The van der Waals surface area contributed by atoms with E-state index in [4.69, 9.17) is 15.6 Å². The molecule has 0 fully saturated rings. The number of aryl methyl sites for hydroxylation is 2. The molecule has 0 aliphatic carbocycles. The predicted octanol–water partition coefficient (Wildman–Crippen LogP) is 2.18. The highest BCUT2D eigenvalue weighted by Gasteiger charge is 2.03. The van der Waals surface area contributed by atoms with Crippen molar-refractivity contribution in [1.82, 2.24) is 0 Å². The van der Waals surface area contributed by atoms with Gasteiger partial charge in [0.15, 0.2) is 0 Å². The minimum Gasteiger partial charge on any atom is -0.494 e. The second-order valence-electron chi connectivity index (χ2n) is 4.95. The third-order valence-electron chi connectivity index (χ3n) is 3.13. The lowest BCUT2D eigenvalue weighted by molar-refractivity contribution is 0.295. The molecule has 1 aromatic rings. The van der Waals surface area contributed by atoms with Crippen LogP contribution in [0.4, 0.5) is 5.69 Å². The van der Waals surface area contributed by atoms with Crippen molar-refractivity contribution < 1.29 is 14.1 Å². The Morgan fingerprint density at radius 1 is 1.15 bits per heavy atom. The van der Waals surface area contributed by atoms with Gasteiger partial charge in [-0.1, -0.05) is 0 Å². The highest BCUT2D eigenvalue weighted by Crippen LogP contribution is 2.23. The number of rotatable bonds is 9. The zero-order valence-corrected chi connectivity index (χ0v) is 13.2. The summed E-state index contributed by atoms with van der Waals surface area (Å²) in [5.74, 6) is 2.12. The number of hydrogen-bond donors (Lipinski definition) is 2. The Morgan fingerprint density at radius 2 is 1.75 bits per heavy atom. The van der Waals surface area contributed by atoms with E-state index in [-0.39, 0.29) is 6.61 Å². The number of aliphatic hydroxyl groups excluding tert-OH is 1. The first-order valence-corrected chi connectivity index (χ1v) is 8.48. The monoisotopic (exact) mass is 299 g/mol. The Hall–Kier alpha value is -1.07. The number of unbranched alkanes of at least 4 members (excludes halogenated alkanes) is 1. The first-order chi connectivity index (χ1) is 9.54. The van der Waals surface area contributed by atoms with E-state index in [1.54, 1.807) is 0 Å². The van der Waals surface area contributed by atoms with Gasteiger partial charge in [-0.05, 0) is 56.4 Å². The minimum atomic E-state index is -0.810. The maximum Gasteiger partial charge on any atom is 0.119 e. The molecule has 114 valence electrons. The van der Waals surface area contributed by atoms with E-state index < -0.39 is 10.8 Å². The average molecular weight is 299 g/mol. The Labute approximate surface area is 123 Å². The second-order valence-corrected chi connectivity index (χ2v) is 6.65. The Morgan fingerprint density at radius 3 is 2.35 bits per heavy atom. The average Bonchev–Trinajstić information content (AvgIpc) is 2.42. The van der Waals surface area contributed by atoms with Crippen LogP contribution in [0, 0.1) is 13.8 Å². The van der Waals surface area contributed by atoms with Crippen LogP contribution in [0.15, 0.2) is 12.1 Å². The summed E-state index contributed by atoms with van der Waals surface area (Å²) < 4.78 is 17.2. The smallest absolute Gasteiger partial charge is 0.119 e. The zero-order valence-electron chi connectivity index (χ0n) is 12.4. The molecule has 0 aromatic heterocycles. The SMILES string of the molecule is Cc1cc(OCCCCS(=O)CCCO)cc(C)c1N. The largest absolute Gasteiger partial charge is 0.494 e. The standard InChI is InChI=1S/C15H25NO3S/c1-12-10-14(11-13(2)15(12)16)19-7-3-4-8-20(18)9-5-6-17/h10-11,17H,3-9,16H2,1-2H3. The van der Waals surface area contributed by atoms with Crippen LogP contribution in [0.1, 0.15) is 30.4 Å². The molecule has 1 unspecified atom stereocenters. The summed E-state index contributed by atoms with van der Waals surface area (Å²) in [6.45, 7) is 4.68. The first-order valence-electron chi connectivity index (χ1n) is 7.00. The molecule has 5 heteroatoms. The number of anilines is 1. The molecule has 20 heavy (non-hydrogen) atoms. The third-order valence-corrected chi connectivity index (χ3v) is 4.62. The van der Waals surface area contributed by atoms with Gasteiger partial charge in [-0.3, -0.25) is 4.21 Å². The Balaban J connectivity index is 2.23. The molecule has 0 saturated heterocycles. The molecule has 1 rings (SSSR count). The van der Waals surface area contributed by atoms with E-state index in [0.717, 1.165) is 35.4 Å². The third kappa shape index (κ3) is 5.92. The predicted molar refractivity (Wildman–Crippen MR) is 84.6 cm³/mol. The lowest BCUT2D eigenvalue weighted by Crippen LogP contribution is -2.06. The number of hydrogen-bond acceptors (Lipinski definition) is 4. The zero-order chi connectivity index (χ0) is 15.0. The van der Waals surface area contributed by atoms with Crippen molar-refractivity contribution in [3.05, 3.63) is 23.3 Å². The van der Waals surface area contributed by atoms with E-state index in [0.29, 0.717) is 24.5 Å². The highest BCUT2D eigenvalue weighted by molar-refractivity contribution is 7.84. The molecular formula is C15H25NO3S. The van der Waals surface area contributed by atoms with Crippen molar-refractivity contribution in [1.29, 1.82) is 0 Å². The molecule has 3 N–H and O–H groups in total. The van der Waals surface area contributed by atoms with Crippen LogP contribution in [0.2, 0.25) is 0 Å². The van der Waals surface area contributed by atoms with Crippen LogP contribution in [0.3, 0.4) is 0 Å². The molecule has 1 aromatic carbocycles. The van der Waals surface area contributed by atoms with Gasteiger partial charge < -0.3 is 15.6 Å². The van der Waals surface area contributed by atoms with Crippen LogP contribution in [0.5, 0.6) is 5.75 Å². The highest BCUT2D eigenvalue weighted by atomic mass is 32.2. The normalized spacial score (nSPS) is 12.3. The van der Waals surface area contributed by atoms with Crippen LogP contribution < -0.4 is 10.5 Å². The fraction of sp³-hybridized carbons (Fsp3) is 0.600. The molecule has 0 heterocycles. The second kappa shape index (κ2) is 8.97. The van der Waals surface area contributed by atoms with E-state index in [1.165, 1.54) is 0 Å². The lowest BCUT2D eigenvalue weighted by Gasteiger charge is -2.10. The molecule has 1 atom stereocenters. The van der Waals surface area contributed by atoms with Crippen molar-refractivity contribution in [2.45, 2.75) is 33.1 Å². The quantitative estimate of drug-likeness (QED) is 0.541. The molecule has 0 amide bonds. The van der Waals surface area contributed by atoms with Gasteiger partial charge in [0.2, 0.25) is 0 Å². The fourth-order valence-corrected chi connectivity index (χ4v) is 3.08. The molecule has 0 spiro atoms. The number of benzene rings is 1. The van der Waals surface area contributed by atoms with Crippen LogP contribution in [0.25, 0.3) is 0 Å². The van der Waals surface area contributed by atoms with Gasteiger partial charge in [0.25, 0.3) is 0 Å². The van der Waals surface area contributed by atoms with E-state index in [2.05, 4.69) is 0 Å². The number of aliphatic hydroxyl groups is 1. The van der Waals surface area contributed by atoms with E-state index >= 15 is 0 Å². The first kappa shape index (κ1) is 17.0. The molecular weight excluding hydrogens is 274 g/mol. The lowest BCUT2D eigenvalue weighted by atomic mass is 10.1. The topological polar surface area (TPSA) is 72.5 Å². The van der Waals surface area contributed by atoms with E-state index in [1.807, 2.05) is 26.0 Å². The van der Waals surface area contributed by atoms with Gasteiger partial charge in [0.1, 0.15) is 5.75 Å². The van der Waals surface area contributed by atoms with Gasteiger partial charge in [-0.25, -0.2) is 0 Å². The summed E-state index contributed by atoms with van der Waals surface area (Å²) >= 11 is 0. The van der Waals surface area contributed by atoms with Gasteiger partial charge in [-0.2, -0.15) is 0 Å². The van der Waals surface area contributed by atoms with Crippen molar-refractivity contribution in [3.63, 3.8) is 0 Å². The molecule has 0 bridgehead atoms. The summed E-state index contributed by atoms with van der Waals surface area (Å²) in [6.07, 6.45) is 2.38. The minimum absolute atomic E-state index is 0.116. The number of nitrogens with two attached hydrogens (primary N) is 1. The van der Waals surface area contributed by atoms with Gasteiger partial charge in [0.05, 0.1) is 6.61 Å². The summed E-state index contributed by atoms with van der Waals surface area (Å²) in [5.41, 5.74) is 8.77. The van der Waals surface area contributed by atoms with Crippen molar-refractivity contribution >= 4 is 16.5 Å². The molecule has 4 nitrogen and oxygen atoms in total. The summed E-state index contributed by atoms with van der Waals surface area (Å²) in [6, 6.07) is 3.89. The molecule has 0 saturated carbocycles.